The number of para-hydroxylation sites is 1. The van der Waals surface area contributed by atoms with Crippen LogP contribution in [-0.4, -0.2) is 24.6 Å². The first-order chi connectivity index (χ1) is 11.9. The lowest BCUT2D eigenvalue weighted by molar-refractivity contribution is 0.467. The molecule has 1 aromatic heterocycles. The molecule has 0 aliphatic carbocycles. The highest BCUT2D eigenvalue weighted by Crippen LogP contribution is 2.19. The quantitative estimate of drug-likeness (QED) is 0.697. The Labute approximate surface area is 144 Å². The molecule has 0 amide bonds. The van der Waals surface area contributed by atoms with Gasteiger partial charge in [0.25, 0.3) is 0 Å². The SMILES string of the molecule is CCn1c(=O)oc2cc(S(=O)(=O)NCCc3ccccc3O)ccc21. The van der Waals surface area contributed by atoms with Crippen molar-refractivity contribution in [3.63, 3.8) is 0 Å². The van der Waals surface area contributed by atoms with Gasteiger partial charge in [-0.3, -0.25) is 4.57 Å². The second kappa shape index (κ2) is 6.73. The van der Waals surface area contributed by atoms with Crippen LogP contribution in [0, 0.1) is 0 Å². The van der Waals surface area contributed by atoms with Crippen LogP contribution in [0.15, 0.2) is 56.6 Å². The Balaban J connectivity index is 1.79. The maximum absolute atomic E-state index is 12.4. The zero-order chi connectivity index (χ0) is 18.0. The summed E-state index contributed by atoms with van der Waals surface area (Å²) in [7, 11) is -3.75. The van der Waals surface area contributed by atoms with E-state index in [1.54, 1.807) is 30.3 Å². The topological polar surface area (TPSA) is 102 Å². The summed E-state index contributed by atoms with van der Waals surface area (Å²) in [4.78, 5) is 11.7. The molecular formula is C17H18N2O5S. The van der Waals surface area contributed by atoms with Gasteiger partial charge in [-0.1, -0.05) is 18.2 Å². The molecule has 3 rings (SSSR count). The van der Waals surface area contributed by atoms with Gasteiger partial charge in [0.2, 0.25) is 10.0 Å². The molecule has 0 fully saturated rings. The van der Waals surface area contributed by atoms with Crippen LogP contribution in [0.2, 0.25) is 0 Å². The van der Waals surface area contributed by atoms with E-state index in [2.05, 4.69) is 4.72 Å². The van der Waals surface area contributed by atoms with E-state index in [4.69, 9.17) is 4.42 Å². The fourth-order valence-electron chi connectivity index (χ4n) is 2.64. The van der Waals surface area contributed by atoms with Gasteiger partial charge >= 0.3 is 5.76 Å². The van der Waals surface area contributed by atoms with E-state index in [-0.39, 0.29) is 22.8 Å². The zero-order valence-corrected chi connectivity index (χ0v) is 14.4. The van der Waals surface area contributed by atoms with Crippen molar-refractivity contribution in [1.29, 1.82) is 0 Å². The summed E-state index contributed by atoms with van der Waals surface area (Å²) in [6.07, 6.45) is 0.357. The highest BCUT2D eigenvalue weighted by Gasteiger charge is 2.17. The molecule has 0 saturated carbocycles. The Kier molecular flexibility index (Phi) is 4.65. The van der Waals surface area contributed by atoms with Crippen LogP contribution in [-0.2, 0) is 23.0 Å². The molecule has 0 aliphatic heterocycles. The molecule has 132 valence electrons. The number of hydrogen-bond acceptors (Lipinski definition) is 5. The molecule has 7 nitrogen and oxygen atoms in total. The lowest BCUT2D eigenvalue weighted by Crippen LogP contribution is -2.26. The average molecular weight is 362 g/mol. The molecule has 3 aromatic rings. The first-order valence-corrected chi connectivity index (χ1v) is 9.30. The molecular weight excluding hydrogens is 344 g/mol. The lowest BCUT2D eigenvalue weighted by Gasteiger charge is -2.08. The zero-order valence-electron chi connectivity index (χ0n) is 13.6. The number of benzene rings is 2. The van der Waals surface area contributed by atoms with Crippen molar-refractivity contribution < 1.29 is 17.9 Å². The van der Waals surface area contributed by atoms with Gasteiger partial charge in [0.05, 0.1) is 10.4 Å². The van der Waals surface area contributed by atoms with Crippen molar-refractivity contribution >= 4 is 21.1 Å². The number of aromatic nitrogens is 1. The van der Waals surface area contributed by atoms with E-state index in [1.165, 1.54) is 16.7 Å². The first kappa shape index (κ1) is 17.2. The van der Waals surface area contributed by atoms with E-state index in [9.17, 15) is 18.3 Å². The Hall–Kier alpha value is -2.58. The third kappa shape index (κ3) is 3.45. The minimum atomic E-state index is -3.75. The Morgan fingerprint density at radius 2 is 1.96 bits per heavy atom. The molecule has 0 saturated heterocycles. The molecule has 0 radical (unpaired) electrons. The summed E-state index contributed by atoms with van der Waals surface area (Å²) in [5, 5.41) is 9.71. The third-order valence-electron chi connectivity index (χ3n) is 3.94. The van der Waals surface area contributed by atoms with Gasteiger partial charge in [-0.2, -0.15) is 0 Å². The monoisotopic (exact) mass is 362 g/mol. The van der Waals surface area contributed by atoms with Crippen molar-refractivity contribution in [3.8, 4) is 5.75 Å². The molecule has 2 aromatic carbocycles. The summed E-state index contributed by atoms with van der Waals surface area (Å²) >= 11 is 0. The Bertz CT molecular complexity index is 1070. The first-order valence-electron chi connectivity index (χ1n) is 7.82. The fraction of sp³-hybridized carbons (Fsp3) is 0.235. The van der Waals surface area contributed by atoms with E-state index >= 15 is 0 Å². The summed E-state index contributed by atoms with van der Waals surface area (Å²) in [6.45, 7) is 2.39. The minimum Gasteiger partial charge on any atom is -0.508 e. The van der Waals surface area contributed by atoms with E-state index in [0.717, 1.165) is 0 Å². The van der Waals surface area contributed by atoms with Gasteiger partial charge in [0.1, 0.15) is 5.75 Å². The number of hydrogen-bond donors (Lipinski definition) is 2. The number of phenolic OH excluding ortho intramolecular Hbond substituents is 1. The van der Waals surface area contributed by atoms with E-state index in [1.807, 2.05) is 6.92 Å². The number of fused-ring (bicyclic) bond motifs is 1. The van der Waals surface area contributed by atoms with Gasteiger partial charge in [-0.05, 0) is 37.1 Å². The fourth-order valence-corrected chi connectivity index (χ4v) is 3.69. The lowest BCUT2D eigenvalue weighted by atomic mass is 10.1. The number of oxazole rings is 1. The smallest absolute Gasteiger partial charge is 0.419 e. The van der Waals surface area contributed by atoms with Crippen LogP contribution in [0.25, 0.3) is 11.1 Å². The number of phenols is 1. The molecule has 1 heterocycles. The van der Waals surface area contributed by atoms with Gasteiger partial charge in [-0.25, -0.2) is 17.9 Å². The molecule has 0 aliphatic rings. The summed E-state index contributed by atoms with van der Waals surface area (Å²) < 4.78 is 33.8. The van der Waals surface area contributed by atoms with Crippen molar-refractivity contribution in [3.05, 3.63) is 58.6 Å². The van der Waals surface area contributed by atoms with Gasteiger partial charge in [-0.15, -0.1) is 0 Å². The van der Waals surface area contributed by atoms with Crippen LogP contribution in [0.3, 0.4) is 0 Å². The Morgan fingerprint density at radius 3 is 2.68 bits per heavy atom. The number of sulfonamides is 1. The standard InChI is InChI=1S/C17H18N2O5S/c1-2-19-14-8-7-13(11-16(14)24-17(19)21)25(22,23)18-10-9-12-5-3-4-6-15(12)20/h3-8,11,18,20H,2,9-10H2,1H3. The summed E-state index contributed by atoms with van der Waals surface area (Å²) in [5.41, 5.74) is 1.45. The number of aromatic hydroxyl groups is 1. The van der Waals surface area contributed by atoms with Gasteiger partial charge in [0, 0.05) is 19.2 Å². The predicted octanol–water partition coefficient (Wildman–Crippen LogP) is 1.84. The largest absolute Gasteiger partial charge is 0.508 e. The average Bonchev–Trinajstić information content (AvgIpc) is 2.90. The van der Waals surface area contributed by atoms with E-state index < -0.39 is 15.8 Å². The van der Waals surface area contributed by atoms with Crippen LogP contribution >= 0.6 is 0 Å². The van der Waals surface area contributed by atoms with E-state index in [0.29, 0.717) is 24.0 Å². The number of rotatable bonds is 6. The summed E-state index contributed by atoms with van der Waals surface area (Å²) in [6, 6.07) is 11.1. The highest BCUT2D eigenvalue weighted by atomic mass is 32.2. The molecule has 2 N–H and O–H groups in total. The number of nitrogens with one attached hydrogen (secondary N) is 1. The van der Waals surface area contributed by atoms with Crippen molar-refractivity contribution in [1.82, 2.24) is 9.29 Å². The van der Waals surface area contributed by atoms with Crippen LogP contribution in [0.5, 0.6) is 5.75 Å². The molecule has 0 bridgehead atoms. The van der Waals surface area contributed by atoms with Crippen molar-refractivity contribution in [2.45, 2.75) is 24.8 Å². The number of aryl methyl sites for hydroxylation is 1. The maximum atomic E-state index is 12.4. The molecule has 0 atom stereocenters. The number of nitrogens with zero attached hydrogens (tertiary/aromatic N) is 1. The van der Waals surface area contributed by atoms with Crippen molar-refractivity contribution in [2.24, 2.45) is 0 Å². The summed E-state index contributed by atoms with van der Waals surface area (Å²) in [5.74, 6) is -0.384. The second-order valence-electron chi connectivity index (χ2n) is 5.52. The second-order valence-corrected chi connectivity index (χ2v) is 7.29. The molecule has 25 heavy (non-hydrogen) atoms. The predicted molar refractivity (Wildman–Crippen MR) is 93.1 cm³/mol. The highest BCUT2D eigenvalue weighted by molar-refractivity contribution is 7.89. The molecule has 8 heteroatoms. The minimum absolute atomic E-state index is 0.0225. The van der Waals surface area contributed by atoms with Gasteiger partial charge < -0.3 is 9.52 Å². The van der Waals surface area contributed by atoms with Gasteiger partial charge in [0.15, 0.2) is 5.58 Å². The van der Waals surface area contributed by atoms with Crippen LogP contribution in [0.4, 0.5) is 0 Å². The van der Waals surface area contributed by atoms with Crippen LogP contribution < -0.4 is 10.5 Å². The molecule has 0 spiro atoms. The maximum Gasteiger partial charge on any atom is 0.419 e. The third-order valence-corrected chi connectivity index (χ3v) is 5.40. The van der Waals surface area contributed by atoms with Crippen molar-refractivity contribution in [2.75, 3.05) is 6.54 Å². The molecule has 0 unspecified atom stereocenters. The normalized spacial score (nSPS) is 11.9. The van der Waals surface area contributed by atoms with Crippen LogP contribution in [0.1, 0.15) is 12.5 Å². The Morgan fingerprint density at radius 1 is 1.20 bits per heavy atom.